The number of esters is 1. The van der Waals surface area contributed by atoms with E-state index in [1.54, 1.807) is 0 Å². The second-order valence-corrected chi connectivity index (χ2v) is 8.79. The lowest BCUT2D eigenvalue weighted by molar-refractivity contribution is -0.386. The van der Waals surface area contributed by atoms with Gasteiger partial charge in [-0.05, 0) is 41.0 Å². The van der Waals surface area contributed by atoms with Crippen molar-refractivity contribution in [1.82, 2.24) is 4.90 Å². The highest BCUT2D eigenvalue weighted by atomic mass is 79.9. The van der Waals surface area contributed by atoms with Crippen molar-refractivity contribution in [3.8, 4) is 28.7 Å². The molecule has 0 aliphatic carbocycles. The van der Waals surface area contributed by atoms with E-state index in [-0.39, 0.29) is 23.9 Å². The van der Waals surface area contributed by atoms with Crippen LogP contribution in [0.3, 0.4) is 0 Å². The summed E-state index contributed by atoms with van der Waals surface area (Å²) in [7, 11) is 6.08. The van der Waals surface area contributed by atoms with Crippen molar-refractivity contribution in [1.29, 1.82) is 0 Å². The van der Waals surface area contributed by atoms with Crippen LogP contribution in [0.25, 0.3) is 0 Å². The van der Waals surface area contributed by atoms with Crippen LogP contribution in [0.4, 0.5) is 5.69 Å². The summed E-state index contributed by atoms with van der Waals surface area (Å²) in [6.07, 6.45) is -0.190. The Hall–Kier alpha value is -3.25. The normalized spacial score (nSPS) is 20.4. The lowest BCUT2D eigenvalue weighted by Crippen LogP contribution is -2.36. The van der Waals surface area contributed by atoms with E-state index in [0.29, 0.717) is 40.3 Å². The molecule has 0 saturated carbocycles. The van der Waals surface area contributed by atoms with Crippen molar-refractivity contribution in [2.24, 2.45) is 0 Å². The summed E-state index contributed by atoms with van der Waals surface area (Å²) >= 11 is 3.49. The molecule has 3 aliphatic rings. The summed E-state index contributed by atoms with van der Waals surface area (Å²) in [6, 6.07) is 1.39. The number of hydrogen-bond donors (Lipinski definition) is 0. The van der Waals surface area contributed by atoms with Gasteiger partial charge in [0.15, 0.2) is 17.2 Å². The molecule has 180 valence electrons. The van der Waals surface area contributed by atoms with Crippen LogP contribution in [0, 0.1) is 10.1 Å². The Balaban J connectivity index is 1.78. The Morgan fingerprint density at radius 2 is 1.82 bits per heavy atom. The summed E-state index contributed by atoms with van der Waals surface area (Å²) < 4.78 is 33.9. The fraction of sp³-hybridized carbons (Fsp3) is 0.409. The Labute approximate surface area is 202 Å². The molecule has 0 saturated heterocycles. The molecule has 3 aliphatic heterocycles. The number of hydrogen-bond acceptors (Lipinski definition) is 10. The monoisotopic (exact) mass is 536 g/mol. The first kappa shape index (κ1) is 22.5. The Bertz CT molecular complexity index is 1230. The van der Waals surface area contributed by atoms with E-state index in [1.807, 2.05) is 18.0 Å². The van der Waals surface area contributed by atoms with Gasteiger partial charge in [-0.2, -0.15) is 0 Å². The molecule has 0 radical (unpaired) electrons. The maximum atomic E-state index is 13.1. The Morgan fingerprint density at radius 3 is 2.47 bits per heavy atom. The highest BCUT2D eigenvalue weighted by Gasteiger charge is 2.50. The third kappa shape index (κ3) is 3.01. The molecule has 0 bridgehead atoms. The van der Waals surface area contributed by atoms with Crippen LogP contribution in [0.2, 0.25) is 0 Å². The number of benzene rings is 2. The zero-order valence-electron chi connectivity index (χ0n) is 18.8. The van der Waals surface area contributed by atoms with Gasteiger partial charge in [0.1, 0.15) is 11.7 Å². The second kappa shape index (κ2) is 8.20. The lowest BCUT2D eigenvalue weighted by atomic mass is 9.85. The summed E-state index contributed by atoms with van der Waals surface area (Å²) in [5, 5.41) is 12.0. The number of rotatable bonds is 5. The first-order chi connectivity index (χ1) is 16.3. The van der Waals surface area contributed by atoms with Gasteiger partial charge in [-0.3, -0.25) is 15.0 Å². The summed E-state index contributed by atoms with van der Waals surface area (Å²) in [5.74, 6) is 0.682. The number of carbonyl (C=O) groups is 1. The van der Waals surface area contributed by atoms with Gasteiger partial charge >= 0.3 is 11.7 Å². The lowest BCUT2D eigenvalue weighted by Gasteiger charge is -2.38. The van der Waals surface area contributed by atoms with Gasteiger partial charge in [0, 0.05) is 17.7 Å². The van der Waals surface area contributed by atoms with Crippen molar-refractivity contribution < 1.29 is 38.1 Å². The summed E-state index contributed by atoms with van der Waals surface area (Å²) in [5.41, 5.74) is 1.38. The van der Waals surface area contributed by atoms with Crippen molar-refractivity contribution in [2.75, 3.05) is 41.7 Å². The minimum Gasteiger partial charge on any atom is -0.492 e. The number of cyclic esters (lactones) is 1. The van der Waals surface area contributed by atoms with E-state index in [0.717, 1.165) is 11.1 Å². The zero-order valence-corrected chi connectivity index (χ0v) is 20.4. The molecule has 0 N–H and O–H groups in total. The van der Waals surface area contributed by atoms with E-state index >= 15 is 0 Å². The molecule has 0 fully saturated rings. The molecular formula is C22H21BrN2O9. The standard InChI is InChI=1S/C22H21BrN2O9/c1-24-6-5-9-7-10-17(33-8-32-10)19(29-2)11(9)15(24)18-12-13(22(26)34-18)16(25(27)28)21(31-4)20(30-3)14(12)23/h7,15,18H,5-6,8H2,1-4H3/t15-,18-/m0/s1. The quantitative estimate of drug-likeness (QED) is 0.318. The van der Waals surface area contributed by atoms with Gasteiger partial charge in [-0.1, -0.05) is 0 Å². The topological polar surface area (TPSA) is 119 Å². The van der Waals surface area contributed by atoms with Crippen molar-refractivity contribution in [2.45, 2.75) is 18.6 Å². The van der Waals surface area contributed by atoms with Crippen LogP contribution in [0.15, 0.2) is 10.5 Å². The minimum absolute atomic E-state index is 0.0745. The van der Waals surface area contributed by atoms with Gasteiger partial charge in [0.05, 0.1) is 36.8 Å². The third-order valence-electron chi connectivity index (χ3n) is 6.42. The van der Waals surface area contributed by atoms with Gasteiger partial charge in [0.25, 0.3) is 0 Å². The largest absolute Gasteiger partial charge is 0.492 e. The summed E-state index contributed by atoms with van der Waals surface area (Å²) in [4.78, 5) is 26.5. The highest BCUT2D eigenvalue weighted by molar-refractivity contribution is 9.10. The number of methoxy groups -OCH3 is 3. The van der Waals surface area contributed by atoms with Crippen molar-refractivity contribution in [3.63, 3.8) is 0 Å². The number of ether oxygens (including phenoxy) is 6. The molecule has 11 nitrogen and oxygen atoms in total. The number of halogens is 1. The van der Waals surface area contributed by atoms with Crippen LogP contribution in [0.5, 0.6) is 28.7 Å². The van der Waals surface area contributed by atoms with Crippen LogP contribution >= 0.6 is 15.9 Å². The molecule has 5 rings (SSSR count). The highest BCUT2D eigenvalue weighted by Crippen LogP contribution is 2.58. The SMILES string of the molecule is COc1c(Br)c2c(c([N+](=O)[O-])c1OC)C(=O)O[C@@H]2[C@@H]1c2c(cc3c(c2OC)OCO3)CCN1C. The number of likely N-dealkylation sites (N-methyl/N-ethyl adjacent to an activating group) is 1. The average Bonchev–Trinajstić information content (AvgIpc) is 3.41. The van der Waals surface area contributed by atoms with E-state index in [1.165, 1.54) is 21.3 Å². The molecular weight excluding hydrogens is 516 g/mol. The van der Waals surface area contributed by atoms with E-state index in [2.05, 4.69) is 15.9 Å². The van der Waals surface area contributed by atoms with E-state index < -0.39 is 28.7 Å². The van der Waals surface area contributed by atoms with Gasteiger partial charge in [-0.15, -0.1) is 0 Å². The zero-order chi connectivity index (χ0) is 24.3. The number of fused-ring (bicyclic) bond motifs is 3. The first-order valence-corrected chi connectivity index (χ1v) is 11.2. The molecule has 0 aromatic heterocycles. The van der Waals surface area contributed by atoms with Crippen molar-refractivity contribution >= 4 is 27.6 Å². The van der Waals surface area contributed by atoms with Gasteiger partial charge < -0.3 is 28.4 Å². The molecule has 2 aromatic carbocycles. The second-order valence-electron chi connectivity index (χ2n) is 7.99. The first-order valence-electron chi connectivity index (χ1n) is 10.4. The minimum atomic E-state index is -0.895. The van der Waals surface area contributed by atoms with Gasteiger partial charge in [0.2, 0.25) is 18.3 Å². The molecule has 3 heterocycles. The predicted molar refractivity (Wildman–Crippen MR) is 120 cm³/mol. The molecule has 12 heteroatoms. The smallest absolute Gasteiger partial charge is 0.346 e. The van der Waals surface area contributed by atoms with Gasteiger partial charge in [-0.25, -0.2) is 4.79 Å². The predicted octanol–water partition coefficient (Wildman–Crippen LogP) is 3.55. The maximum absolute atomic E-state index is 13.1. The molecule has 0 spiro atoms. The Kier molecular flexibility index (Phi) is 5.44. The Morgan fingerprint density at radius 1 is 1.12 bits per heavy atom. The molecule has 2 aromatic rings. The van der Waals surface area contributed by atoms with E-state index in [4.69, 9.17) is 28.4 Å². The van der Waals surface area contributed by atoms with E-state index in [9.17, 15) is 14.9 Å². The number of carbonyl (C=O) groups excluding carboxylic acids is 1. The number of nitro benzene ring substituents is 1. The molecule has 34 heavy (non-hydrogen) atoms. The van der Waals surface area contributed by atoms with Crippen LogP contribution in [-0.4, -0.2) is 57.5 Å². The fourth-order valence-electron chi connectivity index (χ4n) is 5.01. The average molecular weight is 537 g/mol. The fourth-order valence-corrected chi connectivity index (χ4v) is 5.77. The molecule has 0 amide bonds. The molecule has 0 unspecified atom stereocenters. The van der Waals surface area contributed by atoms with Crippen LogP contribution < -0.4 is 23.7 Å². The third-order valence-corrected chi connectivity index (χ3v) is 7.20. The van der Waals surface area contributed by atoms with Crippen molar-refractivity contribution in [3.05, 3.63) is 42.9 Å². The summed E-state index contributed by atoms with van der Waals surface area (Å²) in [6.45, 7) is 0.724. The molecule has 2 atom stereocenters. The number of nitrogens with zero attached hydrogens (tertiary/aromatic N) is 2. The van der Waals surface area contributed by atoms with Crippen LogP contribution in [0.1, 0.15) is 39.2 Å². The maximum Gasteiger partial charge on any atom is 0.346 e. The van der Waals surface area contributed by atoms with Crippen LogP contribution in [-0.2, 0) is 11.2 Å². The number of nitro groups is 1.